The van der Waals surface area contributed by atoms with Gasteiger partial charge in [-0.3, -0.25) is 4.79 Å². The summed E-state index contributed by atoms with van der Waals surface area (Å²) >= 11 is 9.64. The fraction of sp³-hybridized carbons (Fsp3) is 0.350. The largest absolute Gasteiger partial charge is 0.375 e. The highest BCUT2D eigenvalue weighted by Crippen LogP contribution is 2.26. The molecular formula is C20H20BrClN6O2. The lowest BCUT2D eigenvalue weighted by Crippen LogP contribution is -2.15. The van der Waals surface area contributed by atoms with Crippen molar-refractivity contribution >= 4 is 44.6 Å². The molecule has 8 nitrogen and oxygen atoms in total. The predicted molar refractivity (Wildman–Crippen MR) is 116 cm³/mol. The first-order chi connectivity index (χ1) is 14.3. The predicted octanol–water partition coefficient (Wildman–Crippen LogP) is 3.87. The second-order valence-electron chi connectivity index (χ2n) is 7.20. The maximum atomic E-state index is 13.0. The molecule has 0 aliphatic carbocycles. The number of aryl methyl sites for hydroxylation is 1. The molecule has 4 aromatic heterocycles. The van der Waals surface area contributed by atoms with Gasteiger partial charge in [-0.05, 0) is 47.8 Å². The summed E-state index contributed by atoms with van der Waals surface area (Å²) in [4.78, 5) is 21.8. The molecule has 4 heterocycles. The van der Waals surface area contributed by atoms with Gasteiger partial charge in [0, 0.05) is 44.0 Å². The lowest BCUT2D eigenvalue weighted by atomic mass is 10.00. The van der Waals surface area contributed by atoms with E-state index in [2.05, 4.69) is 36.1 Å². The molecule has 0 saturated heterocycles. The van der Waals surface area contributed by atoms with Gasteiger partial charge in [-0.1, -0.05) is 11.6 Å². The van der Waals surface area contributed by atoms with E-state index in [0.717, 1.165) is 32.5 Å². The number of ether oxygens (including phenoxy) is 1. The molecule has 0 spiro atoms. The molecule has 0 aliphatic heterocycles. The summed E-state index contributed by atoms with van der Waals surface area (Å²) in [5.41, 5.74) is 4.74. The molecule has 0 radical (unpaired) electrons. The quantitative estimate of drug-likeness (QED) is 0.407. The Labute approximate surface area is 186 Å². The second-order valence-corrected chi connectivity index (χ2v) is 8.38. The molecule has 1 atom stereocenters. The van der Waals surface area contributed by atoms with Crippen LogP contribution in [-0.2, 0) is 22.4 Å². The van der Waals surface area contributed by atoms with Crippen molar-refractivity contribution in [3.8, 4) is 0 Å². The number of halogens is 2. The number of hydrogen-bond acceptors (Lipinski definition) is 6. The summed E-state index contributed by atoms with van der Waals surface area (Å²) in [6.07, 6.45) is 3.75. The first-order valence-corrected chi connectivity index (χ1v) is 10.5. The Morgan fingerprint density at radius 2 is 2.00 bits per heavy atom. The van der Waals surface area contributed by atoms with Crippen LogP contribution in [0.5, 0.6) is 0 Å². The zero-order valence-corrected chi connectivity index (χ0v) is 19.3. The molecule has 0 fully saturated rings. The van der Waals surface area contributed by atoms with Gasteiger partial charge < -0.3 is 4.74 Å². The number of Topliss-reactive ketones (excluding diaryl/α,β-unsaturated/α-hetero) is 1. The fourth-order valence-corrected chi connectivity index (χ4v) is 4.23. The molecule has 0 amide bonds. The highest BCUT2D eigenvalue weighted by Gasteiger charge is 2.20. The SMILES string of the molecule is CO[C@@H](C)c1c(CC(=O)Cc2cn3nc(C)nc3c(Br)c2C)cnc2cc(Cl)nn12. The summed E-state index contributed by atoms with van der Waals surface area (Å²) < 4.78 is 9.70. The number of carbonyl (C=O) groups excluding carboxylic acids is 1. The molecular weight excluding hydrogens is 472 g/mol. The molecule has 10 heteroatoms. The average Bonchev–Trinajstić information content (AvgIpc) is 3.26. The van der Waals surface area contributed by atoms with E-state index in [1.54, 1.807) is 28.4 Å². The lowest BCUT2D eigenvalue weighted by molar-refractivity contribution is -0.117. The number of hydrogen-bond donors (Lipinski definition) is 0. The van der Waals surface area contributed by atoms with E-state index in [1.807, 2.05) is 27.0 Å². The van der Waals surface area contributed by atoms with E-state index in [4.69, 9.17) is 16.3 Å². The maximum absolute atomic E-state index is 13.0. The third-order valence-electron chi connectivity index (χ3n) is 5.11. The van der Waals surface area contributed by atoms with Crippen LogP contribution >= 0.6 is 27.5 Å². The molecule has 30 heavy (non-hydrogen) atoms. The van der Waals surface area contributed by atoms with Crippen LogP contribution in [-0.4, -0.2) is 42.1 Å². The Morgan fingerprint density at radius 1 is 1.27 bits per heavy atom. The minimum Gasteiger partial charge on any atom is -0.375 e. The number of ketones is 1. The molecule has 0 bridgehead atoms. The van der Waals surface area contributed by atoms with E-state index in [9.17, 15) is 4.79 Å². The third kappa shape index (κ3) is 3.73. The monoisotopic (exact) mass is 490 g/mol. The number of rotatable bonds is 6. The van der Waals surface area contributed by atoms with Crippen molar-refractivity contribution in [2.45, 2.75) is 39.7 Å². The normalized spacial score (nSPS) is 12.7. The van der Waals surface area contributed by atoms with Gasteiger partial charge in [0.15, 0.2) is 16.4 Å². The minimum atomic E-state index is -0.278. The Balaban J connectivity index is 1.67. The van der Waals surface area contributed by atoms with Gasteiger partial charge >= 0.3 is 0 Å². The van der Waals surface area contributed by atoms with E-state index in [-0.39, 0.29) is 24.7 Å². The van der Waals surface area contributed by atoms with Gasteiger partial charge in [-0.2, -0.15) is 10.2 Å². The van der Waals surface area contributed by atoms with E-state index in [0.29, 0.717) is 16.6 Å². The van der Waals surface area contributed by atoms with Gasteiger partial charge in [0.1, 0.15) is 11.6 Å². The Morgan fingerprint density at radius 3 is 2.73 bits per heavy atom. The van der Waals surface area contributed by atoms with Crippen LogP contribution in [0.25, 0.3) is 11.3 Å². The van der Waals surface area contributed by atoms with E-state index < -0.39 is 0 Å². The van der Waals surface area contributed by atoms with Gasteiger partial charge in [0.2, 0.25) is 0 Å². The van der Waals surface area contributed by atoms with Crippen molar-refractivity contribution in [3.05, 3.63) is 56.3 Å². The van der Waals surface area contributed by atoms with Crippen LogP contribution in [0.15, 0.2) is 22.9 Å². The van der Waals surface area contributed by atoms with Crippen LogP contribution in [0, 0.1) is 13.8 Å². The smallest absolute Gasteiger partial charge is 0.170 e. The first-order valence-electron chi connectivity index (χ1n) is 9.37. The molecule has 4 rings (SSSR count). The fourth-order valence-electron chi connectivity index (χ4n) is 3.53. The summed E-state index contributed by atoms with van der Waals surface area (Å²) in [6.45, 7) is 5.71. The average molecular weight is 492 g/mol. The molecule has 156 valence electrons. The number of carbonyl (C=O) groups is 1. The molecule has 4 aromatic rings. The van der Waals surface area contributed by atoms with Crippen LogP contribution in [0.2, 0.25) is 5.15 Å². The molecule has 0 aromatic carbocycles. The summed E-state index contributed by atoms with van der Waals surface area (Å²) in [6, 6.07) is 1.68. The van der Waals surface area contributed by atoms with Crippen LogP contribution in [0.3, 0.4) is 0 Å². The Hall–Kier alpha value is -2.36. The van der Waals surface area contributed by atoms with Gasteiger partial charge in [-0.15, -0.1) is 0 Å². The zero-order chi connectivity index (χ0) is 21.6. The highest BCUT2D eigenvalue weighted by atomic mass is 79.9. The number of pyridine rings is 1. The van der Waals surface area contributed by atoms with Crippen molar-refractivity contribution in [1.29, 1.82) is 0 Å². The molecule has 0 aliphatic rings. The number of aromatic nitrogens is 6. The van der Waals surface area contributed by atoms with Gasteiger partial charge in [0.05, 0.1) is 16.3 Å². The summed E-state index contributed by atoms with van der Waals surface area (Å²) in [5, 5.41) is 9.01. The van der Waals surface area contributed by atoms with Gasteiger partial charge in [0.25, 0.3) is 0 Å². The first kappa shape index (κ1) is 20.9. The zero-order valence-electron chi connectivity index (χ0n) is 17.0. The van der Waals surface area contributed by atoms with Crippen molar-refractivity contribution in [3.63, 3.8) is 0 Å². The number of nitrogens with zero attached hydrogens (tertiary/aromatic N) is 6. The van der Waals surface area contributed by atoms with E-state index in [1.165, 1.54) is 0 Å². The van der Waals surface area contributed by atoms with Crippen molar-refractivity contribution in [2.24, 2.45) is 0 Å². The maximum Gasteiger partial charge on any atom is 0.170 e. The standard InChI is InChI=1S/C20H20BrClN6O2/c1-10-14(9-27-20(18(10)21)24-12(3)25-27)6-15(29)5-13-8-23-17-7-16(22)26-28(17)19(13)11(2)30-4/h7-9,11H,5-6H2,1-4H3/t11-/m0/s1. The lowest BCUT2D eigenvalue weighted by Gasteiger charge is -2.16. The van der Waals surface area contributed by atoms with Crippen molar-refractivity contribution in [2.75, 3.05) is 7.11 Å². The number of fused-ring (bicyclic) bond motifs is 2. The topological polar surface area (TPSA) is 86.7 Å². The highest BCUT2D eigenvalue weighted by molar-refractivity contribution is 9.10. The van der Waals surface area contributed by atoms with Gasteiger partial charge in [-0.25, -0.2) is 19.0 Å². The van der Waals surface area contributed by atoms with Crippen LogP contribution < -0.4 is 0 Å². The number of methoxy groups -OCH3 is 1. The molecule has 0 saturated carbocycles. The van der Waals surface area contributed by atoms with Crippen molar-refractivity contribution in [1.82, 2.24) is 29.2 Å². The summed E-state index contributed by atoms with van der Waals surface area (Å²) in [5.74, 6) is 0.721. The van der Waals surface area contributed by atoms with Crippen LogP contribution in [0.1, 0.15) is 41.2 Å². The molecule has 0 unspecified atom stereocenters. The Kier molecular flexibility index (Phi) is 5.61. The Bertz CT molecular complexity index is 1280. The third-order valence-corrected chi connectivity index (χ3v) is 6.24. The van der Waals surface area contributed by atoms with Crippen LogP contribution in [0.4, 0.5) is 0 Å². The molecule has 0 N–H and O–H groups in total. The summed E-state index contributed by atoms with van der Waals surface area (Å²) in [7, 11) is 1.61. The second kappa shape index (κ2) is 8.05. The van der Waals surface area contributed by atoms with E-state index >= 15 is 0 Å². The minimum absolute atomic E-state index is 0.0464. The van der Waals surface area contributed by atoms with Crippen molar-refractivity contribution < 1.29 is 9.53 Å².